The molecule has 10 nitrogen and oxygen atoms in total. The number of hydrogen-bond donors (Lipinski definition) is 4. The van der Waals surface area contributed by atoms with Gasteiger partial charge in [-0.2, -0.15) is 10.2 Å². The molecule has 4 bridgehead atoms. The van der Waals surface area contributed by atoms with Gasteiger partial charge in [0.15, 0.2) is 35.2 Å². The fraction of sp³-hybridized carbons (Fsp3) is 0.650. The molecule has 0 aromatic heterocycles. The molecule has 2 spiro atoms. The van der Waals surface area contributed by atoms with Gasteiger partial charge in [-0.3, -0.25) is 9.80 Å². The monoisotopic (exact) mass is 678 g/mol. The molecule has 12 rings (SSSR count). The SMILES string of the molecule is Oc1ccc2c3c1O[C@@H]1C(=NN=C4CC[C@]5(O)[C@H]6Cc7ccc(O)c8c7[C@@]5(CCN6CC5CC5)[C@@H]4O8)CC[C@@]4(O)[C@@H](C2)N(CC2CC2)CC[C@]314. The van der Waals surface area contributed by atoms with Crippen molar-refractivity contribution in [2.24, 2.45) is 22.0 Å². The first kappa shape index (κ1) is 29.4. The molecular formula is C40H46N4O6. The van der Waals surface area contributed by atoms with Gasteiger partial charge in [0.05, 0.1) is 33.5 Å². The average Bonchev–Trinajstić information content (AvgIpc) is 4.03. The first-order chi connectivity index (χ1) is 24.2. The van der Waals surface area contributed by atoms with E-state index in [0.717, 1.165) is 86.2 Å². The van der Waals surface area contributed by atoms with E-state index < -0.39 is 34.2 Å². The molecule has 4 N–H and O–H groups in total. The number of ether oxygens (including phenoxy) is 2. The Labute approximate surface area is 291 Å². The van der Waals surface area contributed by atoms with Crippen LogP contribution in [0, 0.1) is 11.8 Å². The summed E-state index contributed by atoms with van der Waals surface area (Å²) in [5.74, 6) is 2.72. The zero-order chi connectivity index (χ0) is 33.4. The molecule has 4 saturated carbocycles. The number of aliphatic hydroxyl groups is 2. The molecule has 0 radical (unpaired) electrons. The van der Waals surface area contributed by atoms with Crippen LogP contribution in [-0.2, 0) is 23.7 Å². The number of benzene rings is 2. The summed E-state index contributed by atoms with van der Waals surface area (Å²) in [7, 11) is 0. The molecule has 2 aromatic carbocycles. The Morgan fingerprint density at radius 3 is 1.50 bits per heavy atom. The molecule has 2 saturated heterocycles. The molecule has 0 amide bonds. The normalized spacial score (nSPS) is 43.4. The predicted octanol–water partition coefficient (Wildman–Crippen LogP) is 3.72. The summed E-state index contributed by atoms with van der Waals surface area (Å²) >= 11 is 0. The lowest BCUT2D eigenvalue weighted by atomic mass is 9.48. The lowest BCUT2D eigenvalue weighted by Crippen LogP contribution is -2.76. The van der Waals surface area contributed by atoms with E-state index in [4.69, 9.17) is 19.7 Å². The number of phenolic OH excluding ortho intramolecular Hbond substituents is 2. The van der Waals surface area contributed by atoms with Gasteiger partial charge in [0.25, 0.3) is 0 Å². The summed E-state index contributed by atoms with van der Waals surface area (Å²) in [6.07, 6.45) is 9.35. The van der Waals surface area contributed by atoms with E-state index in [1.807, 2.05) is 12.1 Å². The van der Waals surface area contributed by atoms with Crippen LogP contribution in [0.4, 0.5) is 0 Å². The highest BCUT2D eigenvalue weighted by molar-refractivity contribution is 5.97. The average molecular weight is 679 g/mol. The van der Waals surface area contributed by atoms with Crippen LogP contribution in [0.15, 0.2) is 34.5 Å². The van der Waals surface area contributed by atoms with E-state index in [9.17, 15) is 20.4 Å². The maximum atomic E-state index is 12.9. The third-order valence-corrected chi connectivity index (χ3v) is 15.5. The van der Waals surface area contributed by atoms with E-state index in [1.54, 1.807) is 12.1 Å². The quantitative estimate of drug-likeness (QED) is 0.353. The Balaban J connectivity index is 0.947. The van der Waals surface area contributed by atoms with Crippen LogP contribution in [0.1, 0.15) is 86.5 Å². The highest BCUT2D eigenvalue weighted by Crippen LogP contribution is 2.67. The molecule has 4 heterocycles. The van der Waals surface area contributed by atoms with E-state index in [2.05, 4.69) is 9.80 Å². The molecule has 10 aliphatic rings. The van der Waals surface area contributed by atoms with Crippen LogP contribution in [-0.4, -0.2) is 103 Å². The smallest absolute Gasteiger partial charge is 0.166 e. The van der Waals surface area contributed by atoms with Crippen molar-refractivity contribution in [1.82, 2.24) is 9.80 Å². The Kier molecular flexibility index (Phi) is 5.54. The van der Waals surface area contributed by atoms with Crippen molar-refractivity contribution >= 4 is 11.4 Å². The van der Waals surface area contributed by atoms with Gasteiger partial charge in [-0.1, -0.05) is 12.1 Å². The van der Waals surface area contributed by atoms with Gasteiger partial charge in [0.2, 0.25) is 0 Å². The second-order valence-electron chi connectivity index (χ2n) is 17.7. The zero-order valence-corrected chi connectivity index (χ0v) is 28.5. The number of likely N-dealkylation sites (tertiary alicyclic amines) is 2. The highest BCUT2D eigenvalue weighted by Gasteiger charge is 2.74. The van der Waals surface area contributed by atoms with Crippen LogP contribution >= 0.6 is 0 Å². The van der Waals surface area contributed by atoms with Gasteiger partial charge >= 0.3 is 0 Å². The molecular weight excluding hydrogens is 632 g/mol. The van der Waals surface area contributed by atoms with E-state index in [1.165, 1.54) is 36.8 Å². The minimum absolute atomic E-state index is 0.00576. The fourth-order valence-electron chi connectivity index (χ4n) is 12.9. The second kappa shape index (κ2) is 9.43. The standard InChI is InChI=1S/C40H46N4O6/c45-27-7-5-23-17-29-39(47)11-9-25(35-37(39,31(23)33(27)49-35)13-15-43(29)19-21-1-2-21)41-42-26-10-12-40(48)30-18-24-6-8-28(46)34-32(24)38(40,36(26)50-34)14-16-44(30)20-22-3-4-22/h5-8,21-22,29-30,35-36,45-48H,1-4,9-20H2/t29-,30-,35-,36-,37+,38+,39-,40+/m1/s1. The number of nitrogens with zero attached hydrogens (tertiary/aromatic N) is 4. The van der Waals surface area contributed by atoms with Gasteiger partial charge < -0.3 is 29.9 Å². The lowest BCUT2D eigenvalue weighted by molar-refractivity contribution is -0.167. The summed E-state index contributed by atoms with van der Waals surface area (Å²) in [4.78, 5) is 5.09. The van der Waals surface area contributed by atoms with Crippen LogP contribution in [0.5, 0.6) is 23.0 Å². The number of aromatic hydroxyl groups is 2. The van der Waals surface area contributed by atoms with Crippen molar-refractivity contribution < 1.29 is 29.9 Å². The zero-order valence-electron chi connectivity index (χ0n) is 28.5. The van der Waals surface area contributed by atoms with Crippen molar-refractivity contribution in [1.29, 1.82) is 0 Å². The fourth-order valence-corrected chi connectivity index (χ4v) is 12.9. The number of piperidine rings is 2. The molecule has 50 heavy (non-hydrogen) atoms. The third-order valence-electron chi connectivity index (χ3n) is 15.5. The highest BCUT2D eigenvalue weighted by atomic mass is 16.5. The summed E-state index contributed by atoms with van der Waals surface area (Å²) in [5, 5.41) is 58.0. The number of hydrogen-bond acceptors (Lipinski definition) is 10. The first-order valence-electron chi connectivity index (χ1n) is 19.4. The van der Waals surface area contributed by atoms with E-state index >= 15 is 0 Å². The molecule has 6 aliphatic carbocycles. The minimum atomic E-state index is -0.987. The summed E-state index contributed by atoms with van der Waals surface area (Å²) in [6, 6.07) is 7.58. The van der Waals surface area contributed by atoms with E-state index in [0.29, 0.717) is 37.2 Å². The minimum Gasteiger partial charge on any atom is -0.504 e. The Hall–Kier alpha value is -3.18. The molecule has 262 valence electrons. The van der Waals surface area contributed by atoms with Gasteiger partial charge in [0.1, 0.15) is 0 Å². The largest absolute Gasteiger partial charge is 0.504 e. The molecule has 0 unspecified atom stereocenters. The van der Waals surface area contributed by atoms with Gasteiger partial charge in [-0.15, -0.1) is 0 Å². The van der Waals surface area contributed by atoms with Crippen LogP contribution in [0.2, 0.25) is 0 Å². The lowest BCUT2D eigenvalue weighted by Gasteiger charge is -2.63. The summed E-state index contributed by atoms with van der Waals surface area (Å²) in [5.41, 5.74) is 2.56. The predicted molar refractivity (Wildman–Crippen MR) is 184 cm³/mol. The van der Waals surface area contributed by atoms with Gasteiger partial charge in [-0.25, -0.2) is 0 Å². The summed E-state index contributed by atoms with van der Waals surface area (Å²) < 4.78 is 13.5. The Morgan fingerprint density at radius 2 is 1.08 bits per heavy atom. The van der Waals surface area contributed by atoms with Crippen molar-refractivity contribution in [3.63, 3.8) is 0 Å². The Morgan fingerprint density at radius 1 is 0.640 bits per heavy atom. The molecule has 4 aliphatic heterocycles. The van der Waals surface area contributed by atoms with Crippen LogP contribution in [0.3, 0.4) is 0 Å². The van der Waals surface area contributed by atoms with Gasteiger partial charge in [-0.05, 0) is 125 Å². The molecule has 10 heteroatoms. The first-order valence-corrected chi connectivity index (χ1v) is 19.4. The van der Waals surface area contributed by atoms with Gasteiger partial charge in [0, 0.05) is 36.3 Å². The molecule has 2 aromatic rings. The molecule has 8 atom stereocenters. The summed E-state index contributed by atoms with van der Waals surface area (Å²) in [6.45, 7) is 3.86. The van der Waals surface area contributed by atoms with Crippen molar-refractivity contribution in [3.05, 3.63) is 46.5 Å². The molecule has 6 fully saturated rings. The maximum absolute atomic E-state index is 12.9. The second-order valence-corrected chi connectivity index (χ2v) is 17.7. The maximum Gasteiger partial charge on any atom is 0.166 e. The van der Waals surface area contributed by atoms with E-state index in [-0.39, 0.29) is 23.6 Å². The van der Waals surface area contributed by atoms with Crippen molar-refractivity contribution in [2.75, 3.05) is 26.2 Å². The topological polar surface area (TPSA) is 131 Å². The van der Waals surface area contributed by atoms with Crippen LogP contribution < -0.4 is 9.47 Å². The Bertz CT molecular complexity index is 1800. The third kappa shape index (κ3) is 3.37. The van der Waals surface area contributed by atoms with Crippen molar-refractivity contribution in [3.8, 4) is 23.0 Å². The van der Waals surface area contributed by atoms with Crippen LogP contribution in [0.25, 0.3) is 0 Å². The number of rotatable bonds is 5. The number of phenols is 2. The van der Waals surface area contributed by atoms with Crippen molar-refractivity contribution in [2.45, 2.75) is 123 Å².